The van der Waals surface area contributed by atoms with Crippen LogP contribution in [0.5, 0.6) is 0 Å². The number of halogens is 2. The molecule has 0 aliphatic carbocycles. The van der Waals surface area contributed by atoms with E-state index in [1.54, 1.807) is 9.47 Å². The molecule has 0 saturated carbocycles. The highest BCUT2D eigenvalue weighted by Gasteiger charge is 2.29. The minimum Gasteiger partial charge on any atom is -0.361 e. The normalized spacial score (nSPS) is 16.7. The van der Waals surface area contributed by atoms with Gasteiger partial charge in [0, 0.05) is 37.1 Å². The fraction of sp³-hybridized carbons (Fsp3) is 0.500. The zero-order valence-corrected chi connectivity index (χ0v) is 20.5. The topological polar surface area (TPSA) is 90.9 Å². The largest absolute Gasteiger partial charge is 0.361 e. The molecular formula is C22H29Cl2N7O. The maximum Gasteiger partial charge on any atom is 0.273 e. The van der Waals surface area contributed by atoms with Crippen LogP contribution in [0, 0.1) is 0 Å². The molecule has 172 valence electrons. The smallest absolute Gasteiger partial charge is 0.273 e. The standard InChI is InChI=1S/C22H29Cl2N7O/c1-22(2,3)14-8-13-16(9-15(14)23)28-29-20(13)26-11-17-27-19(24)18(31(17)5)21(32)30(4)12-6-7-25-10-12/h8-9,12,25H,6-7,10-11H2,1-5H3,(H2,26,28,29). The highest BCUT2D eigenvalue weighted by Crippen LogP contribution is 2.34. The lowest BCUT2D eigenvalue weighted by Crippen LogP contribution is -2.39. The van der Waals surface area contributed by atoms with Crippen molar-refractivity contribution in [1.82, 2.24) is 30.0 Å². The Labute approximate surface area is 197 Å². The Morgan fingerprint density at radius 2 is 2.09 bits per heavy atom. The molecule has 1 aromatic carbocycles. The van der Waals surface area contributed by atoms with Crippen LogP contribution in [0.4, 0.5) is 5.82 Å². The highest BCUT2D eigenvalue weighted by molar-refractivity contribution is 6.32. The van der Waals surface area contributed by atoms with Crippen molar-refractivity contribution in [3.63, 3.8) is 0 Å². The quantitative estimate of drug-likeness (QED) is 0.517. The molecule has 1 amide bonds. The average Bonchev–Trinajstić information content (AvgIpc) is 3.44. The van der Waals surface area contributed by atoms with Gasteiger partial charge in [-0.1, -0.05) is 44.0 Å². The molecule has 1 atom stereocenters. The molecule has 8 nitrogen and oxygen atoms in total. The molecule has 1 unspecified atom stereocenters. The van der Waals surface area contributed by atoms with Crippen molar-refractivity contribution >= 4 is 45.8 Å². The number of rotatable bonds is 5. The molecule has 4 rings (SSSR count). The summed E-state index contributed by atoms with van der Waals surface area (Å²) in [5.41, 5.74) is 2.20. The molecule has 1 saturated heterocycles. The zero-order chi connectivity index (χ0) is 23.2. The molecule has 10 heteroatoms. The number of H-pyrrole nitrogens is 1. The maximum absolute atomic E-state index is 13.1. The number of amides is 1. The van der Waals surface area contributed by atoms with Gasteiger partial charge in [-0.25, -0.2) is 4.98 Å². The molecule has 0 bridgehead atoms. The first-order chi connectivity index (χ1) is 15.1. The number of likely N-dealkylation sites (N-methyl/N-ethyl adjacent to an activating group) is 1. The van der Waals surface area contributed by atoms with E-state index in [9.17, 15) is 4.79 Å². The Kier molecular flexibility index (Phi) is 6.13. The number of carbonyl (C=O) groups excluding carboxylic acids is 1. The fourth-order valence-corrected chi connectivity index (χ4v) is 4.86. The first-order valence-electron chi connectivity index (χ1n) is 10.7. The SMILES string of the molecule is CN(C(=O)c1c(Cl)nc(CNc2n[nH]c3cc(Cl)c(C(C)(C)C)cc23)n1C)C1CCNC1. The molecular weight excluding hydrogens is 449 g/mol. The molecule has 3 N–H and O–H groups in total. The van der Waals surface area contributed by atoms with E-state index in [2.05, 4.69) is 52.7 Å². The van der Waals surface area contributed by atoms with E-state index in [1.807, 2.05) is 20.2 Å². The Balaban J connectivity index is 1.56. The summed E-state index contributed by atoms with van der Waals surface area (Å²) in [5.74, 6) is 1.22. The van der Waals surface area contributed by atoms with E-state index in [-0.39, 0.29) is 22.5 Å². The van der Waals surface area contributed by atoms with Crippen molar-refractivity contribution in [2.45, 2.75) is 45.2 Å². The summed E-state index contributed by atoms with van der Waals surface area (Å²) in [7, 11) is 3.62. The van der Waals surface area contributed by atoms with Gasteiger partial charge in [-0.3, -0.25) is 9.89 Å². The first kappa shape index (κ1) is 22.9. The number of fused-ring (bicyclic) bond motifs is 1. The van der Waals surface area contributed by atoms with Crippen molar-refractivity contribution in [2.24, 2.45) is 7.05 Å². The van der Waals surface area contributed by atoms with E-state index in [1.165, 1.54) is 0 Å². The predicted octanol–water partition coefficient (Wildman–Crippen LogP) is 3.95. The van der Waals surface area contributed by atoms with Gasteiger partial charge in [-0.05, 0) is 36.1 Å². The van der Waals surface area contributed by atoms with Gasteiger partial charge >= 0.3 is 0 Å². The summed E-state index contributed by atoms with van der Waals surface area (Å²) in [6.45, 7) is 8.45. The number of aromatic amines is 1. The number of carbonyl (C=O) groups is 1. The molecule has 2 aromatic heterocycles. The van der Waals surface area contributed by atoms with Gasteiger partial charge in [-0.15, -0.1) is 0 Å². The molecule has 32 heavy (non-hydrogen) atoms. The monoisotopic (exact) mass is 477 g/mol. The summed E-state index contributed by atoms with van der Waals surface area (Å²) in [5, 5.41) is 15.9. The molecule has 1 fully saturated rings. The van der Waals surface area contributed by atoms with Crippen molar-refractivity contribution in [3.8, 4) is 0 Å². The number of hydrogen-bond donors (Lipinski definition) is 3. The summed E-state index contributed by atoms with van der Waals surface area (Å²) in [4.78, 5) is 19.2. The number of benzene rings is 1. The maximum atomic E-state index is 13.1. The van der Waals surface area contributed by atoms with Gasteiger partial charge < -0.3 is 20.1 Å². The van der Waals surface area contributed by atoms with Gasteiger partial charge in [0.05, 0.1) is 12.1 Å². The van der Waals surface area contributed by atoms with Crippen LogP contribution in [0.15, 0.2) is 12.1 Å². The van der Waals surface area contributed by atoms with Crippen LogP contribution in [0.2, 0.25) is 10.2 Å². The minimum atomic E-state index is -0.125. The Bertz CT molecular complexity index is 1160. The van der Waals surface area contributed by atoms with Crippen molar-refractivity contribution in [3.05, 3.63) is 39.4 Å². The van der Waals surface area contributed by atoms with Crippen LogP contribution < -0.4 is 10.6 Å². The Morgan fingerprint density at radius 1 is 1.34 bits per heavy atom. The lowest BCUT2D eigenvalue weighted by atomic mass is 9.86. The van der Waals surface area contributed by atoms with Gasteiger partial charge in [0.2, 0.25) is 0 Å². The molecule has 0 spiro atoms. The van der Waals surface area contributed by atoms with Gasteiger partial charge in [0.15, 0.2) is 11.0 Å². The van der Waals surface area contributed by atoms with Crippen LogP contribution in [-0.4, -0.2) is 56.7 Å². The highest BCUT2D eigenvalue weighted by atomic mass is 35.5. The second-order valence-corrected chi connectivity index (χ2v) is 10.1. The van der Waals surface area contributed by atoms with Crippen LogP contribution in [-0.2, 0) is 19.0 Å². The number of imidazole rings is 1. The number of nitrogens with one attached hydrogen (secondary N) is 3. The van der Waals surface area contributed by atoms with Crippen LogP contribution in [0.1, 0.15) is 49.1 Å². The Morgan fingerprint density at radius 3 is 2.75 bits per heavy atom. The van der Waals surface area contributed by atoms with Crippen molar-refractivity contribution in [2.75, 3.05) is 25.5 Å². The van der Waals surface area contributed by atoms with Gasteiger partial charge in [0.25, 0.3) is 5.91 Å². The van der Waals surface area contributed by atoms with E-state index >= 15 is 0 Å². The molecule has 1 aliphatic heterocycles. The third-order valence-electron chi connectivity index (χ3n) is 6.12. The van der Waals surface area contributed by atoms with Crippen LogP contribution in [0.25, 0.3) is 10.9 Å². The second-order valence-electron chi connectivity index (χ2n) is 9.34. The van der Waals surface area contributed by atoms with E-state index in [0.29, 0.717) is 28.9 Å². The lowest BCUT2D eigenvalue weighted by molar-refractivity contribution is 0.0734. The fourth-order valence-electron chi connectivity index (χ4n) is 4.11. The van der Waals surface area contributed by atoms with Crippen molar-refractivity contribution in [1.29, 1.82) is 0 Å². The molecule has 0 radical (unpaired) electrons. The predicted molar refractivity (Wildman–Crippen MR) is 129 cm³/mol. The van der Waals surface area contributed by atoms with E-state index in [4.69, 9.17) is 23.2 Å². The van der Waals surface area contributed by atoms with Crippen molar-refractivity contribution < 1.29 is 4.79 Å². The third-order valence-corrected chi connectivity index (χ3v) is 6.70. The van der Waals surface area contributed by atoms with E-state index in [0.717, 1.165) is 36.0 Å². The summed E-state index contributed by atoms with van der Waals surface area (Å²) < 4.78 is 1.75. The number of anilines is 1. The Hall–Kier alpha value is -2.29. The number of hydrogen-bond acceptors (Lipinski definition) is 5. The molecule has 3 heterocycles. The average molecular weight is 478 g/mol. The lowest BCUT2D eigenvalue weighted by Gasteiger charge is -2.24. The van der Waals surface area contributed by atoms with Gasteiger partial charge in [-0.2, -0.15) is 5.10 Å². The third kappa shape index (κ3) is 4.19. The van der Waals surface area contributed by atoms with Crippen LogP contribution >= 0.6 is 23.2 Å². The van der Waals surface area contributed by atoms with Gasteiger partial charge in [0.1, 0.15) is 11.5 Å². The van der Waals surface area contributed by atoms with Crippen LogP contribution in [0.3, 0.4) is 0 Å². The zero-order valence-electron chi connectivity index (χ0n) is 19.0. The van der Waals surface area contributed by atoms with E-state index < -0.39 is 0 Å². The number of nitrogens with zero attached hydrogens (tertiary/aromatic N) is 4. The molecule has 3 aromatic rings. The second kappa shape index (κ2) is 8.57. The summed E-state index contributed by atoms with van der Waals surface area (Å²) >= 11 is 12.9. The number of aromatic nitrogens is 4. The first-order valence-corrected chi connectivity index (χ1v) is 11.4. The summed E-state index contributed by atoms with van der Waals surface area (Å²) in [6, 6.07) is 4.13. The molecule has 1 aliphatic rings. The summed E-state index contributed by atoms with van der Waals surface area (Å²) in [6.07, 6.45) is 0.929. The minimum absolute atomic E-state index is 0.0941.